The molecule has 2 aromatic carbocycles. The van der Waals surface area contributed by atoms with Crippen molar-refractivity contribution in [2.24, 2.45) is 0 Å². The maximum absolute atomic E-state index is 12.3. The lowest BCUT2D eigenvalue weighted by atomic mass is 10.2. The summed E-state index contributed by atoms with van der Waals surface area (Å²) in [4.78, 5) is 24.4. The number of rotatable bonds is 4. The van der Waals surface area contributed by atoms with Crippen LogP contribution in [0.4, 0.5) is 11.4 Å². The van der Waals surface area contributed by atoms with Crippen molar-refractivity contribution >= 4 is 34.8 Å². The second-order valence-electron chi connectivity index (χ2n) is 4.93. The highest BCUT2D eigenvalue weighted by Gasteiger charge is 2.12. The van der Waals surface area contributed by atoms with Crippen LogP contribution < -0.4 is 10.6 Å². The van der Waals surface area contributed by atoms with E-state index in [0.717, 1.165) is 0 Å². The molecule has 0 unspecified atom stereocenters. The van der Waals surface area contributed by atoms with Gasteiger partial charge in [-0.3, -0.25) is 14.7 Å². The van der Waals surface area contributed by atoms with E-state index in [0.29, 0.717) is 27.7 Å². The predicted molar refractivity (Wildman–Crippen MR) is 92.4 cm³/mol. The lowest BCUT2D eigenvalue weighted by Crippen LogP contribution is -2.17. The van der Waals surface area contributed by atoms with Gasteiger partial charge in [-0.15, -0.1) is 0 Å². The quantitative estimate of drug-likeness (QED) is 0.678. The molecule has 0 fully saturated rings. The van der Waals surface area contributed by atoms with Gasteiger partial charge in [0.25, 0.3) is 11.8 Å². The summed E-state index contributed by atoms with van der Waals surface area (Å²) < 4.78 is 0. The van der Waals surface area contributed by atoms with E-state index in [9.17, 15) is 9.59 Å². The minimum absolute atomic E-state index is 0.296. The molecule has 0 bridgehead atoms. The van der Waals surface area contributed by atoms with Gasteiger partial charge < -0.3 is 10.6 Å². The number of H-pyrrole nitrogens is 1. The molecule has 24 heavy (non-hydrogen) atoms. The Bertz CT molecular complexity index is 861. The Labute approximate surface area is 142 Å². The molecular formula is C17H13ClN4O2. The lowest BCUT2D eigenvalue weighted by molar-refractivity contribution is 0.101. The van der Waals surface area contributed by atoms with Crippen LogP contribution in [0.2, 0.25) is 5.02 Å². The topological polar surface area (TPSA) is 86.9 Å². The van der Waals surface area contributed by atoms with Crippen molar-refractivity contribution in [3.05, 3.63) is 77.1 Å². The molecule has 6 nitrogen and oxygen atoms in total. The zero-order valence-electron chi connectivity index (χ0n) is 12.4. The van der Waals surface area contributed by atoms with Gasteiger partial charge >= 0.3 is 0 Å². The number of nitrogens with zero attached hydrogens (tertiary/aromatic N) is 1. The smallest absolute Gasteiger partial charge is 0.273 e. The summed E-state index contributed by atoms with van der Waals surface area (Å²) in [6, 6.07) is 15.0. The number of nitrogens with one attached hydrogen (secondary N) is 3. The summed E-state index contributed by atoms with van der Waals surface area (Å²) in [6.07, 6.45) is 1.49. The Morgan fingerprint density at radius 1 is 0.875 bits per heavy atom. The van der Waals surface area contributed by atoms with Crippen LogP contribution in [-0.4, -0.2) is 22.0 Å². The number of carbonyl (C=O) groups excluding carboxylic acids is 2. The average molecular weight is 341 g/mol. The zero-order valence-corrected chi connectivity index (χ0v) is 13.2. The number of aromatic nitrogens is 2. The first-order chi connectivity index (χ1) is 11.6. The van der Waals surface area contributed by atoms with Crippen molar-refractivity contribution in [2.45, 2.75) is 0 Å². The second kappa shape index (κ2) is 6.97. The number of benzene rings is 2. The van der Waals surface area contributed by atoms with Crippen molar-refractivity contribution in [2.75, 3.05) is 10.6 Å². The fourth-order valence-electron chi connectivity index (χ4n) is 2.07. The third kappa shape index (κ3) is 3.61. The molecule has 1 heterocycles. The maximum atomic E-state index is 12.3. The number of anilines is 2. The fourth-order valence-corrected chi connectivity index (χ4v) is 2.19. The molecule has 2 amide bonds. The molecule has 0 aliphatic carbocycles. The van der Waals surface area contributed by atoms with Gasteiger partial charge in [0.15, 0.2) is 0 Å². The third-order valence-electron chi connectivity index (χ3n) is 3.28. The van der Waals surface area contributed by atoms with Crippen LogP contribution in [0.1, 0.15) is 20.8 Å². The molecule has 7 heteroatoms. The third-order valence-corrected chi connectivity index (χ3v) is 3.53. The van der Waals surface area contributed by atoms with Gasteiger partial charge in [-0.25, -0.2) is 0 Å². The minimum atomic E-state index is -0.347. The van der Waals surface area contributed by atoms with Gasteiger partial charge in [0.1, 0.15) is 5.69 Å². The van der Waals surface area contributed by atoms with E-state index in [4.69, 9.17) is 11.6 Å². The van der Waals surface area contributed by atoms with Crippen LogP contribution in [0, 0.1) is 0 Å². The van der Waals surface area contributed by atoms with E-state index in [2.05, 4.69) is 20.8 Å². The largest absolute Gasteiger partial charge is 0.320 e. The van der Waals surface area contributed by atoms with E-state index in [1.165, 1.54) is 6.20 Å². The average Bonchev–Trinajstić information content (AvgIpc) is 3.12. The molecule has 0 aliphatic rings. The number of amides is 2. The van der Waals surface area contributed by atoms with E-state index >= 15 is 0 Å². The van der Waals surface area contributed by atoms with Gasteiger partial charge in [-0.1, -0.05) is 23.7 Å². The molecular weight excluding hydrogens is 328 g/mol. The molecule has 3 N–H and O–H groups in total. The number of halogens is 1. The molecule has 0 radical (unpaired) electrons. The first-order valence-electron chi connectivity index (χ1n) is 7.10. The van der Waals surface area contributed by atoms with Gasteiger partial charge in [0.2, 0.25) is 0 Å². The number of para-hydroxylation sites is 2. The number of hydrogen-bond acceptors (Lipinski definition) is 3. The standard InChI is InChI=1S/C17H13ClN4O2/c18-12-7-5-11(6-8-12)16(23)20-13-3-1-2-4-14(13)21-17(24)15-9-10-19-22-15/h1-10H,(H,19,22)(H,20,23)(H,21,24). The van der Waals surface area contributed by atoms with Gasteiger partial charge in [0, 0.05) is 16.8 Å². The first kappa shape index (κ1) is 15.8. The lowest BCUT2D eigenvalue weighted by Gasteiger charge is -2.12. The van der Waals surface area contributed by atoms with Crippen LogP contribution >= 0.6 is 11.6 Å². The highest BCUT2D eigenvalue weighted by Crippen LogP contribution is 2.22. The van der Waals surface area contributed by atoms with Crippen molar-refractivity contribution < 1.29 is 9.59 Å². The molecule has 3 aromatic rings. The van der Waals surface area contributed by atoms with Crippen molar-refractivity contribution in [3.63, 3.8) is 0 Å². The van der Waals surface area contributed by atoms with Crippen molar-refractivity contribution in [1.29, 1.82) is 0 Å². The second-order valence-corrected chi connectivity index (χ2v) is 5.37. The molecule has 0 saturated heterocycles. The molecule has 0 aliphatic heterocycles. The number of hydrogen-bond donors (Lipinski definition) is 3. The highest BCUT2D eigenvalue weighted by atomic mass is 35.5. The molecule has 120 valence electrons. The Morgan fingerprint density at radius 2 is 1.50 bits per heavy atom. The van der Waals surface area contributed by atoms with Gasteiger partial charge in [-0.05, 0) is 42.5 Å². The Hall–Kier alpha value is -3.12. The molecule has 0 saturated carbocycles. The summed E-state index contributed by atoms with van der Waals surface area (Å²) in [5.74, 6) is -0.643. The van der Waals surface area contributed by atoms with Crippen LogP contribution in [0.3, 0.4) is 0 Å². The Morgan fingerprint density at radius 3 is 2.08 bits per heavy atom. The van der Waals surface area contributed by atoms with Gasteiger partial charge in [-0.2, -0.15) is 5.10 Å². The van der Waals surface area contributed by atoms with E-state index in [-0.39, 0.29) is 11.8 Å². The summed E-state index contributed by atoms with van der Waals surface area (Å²) in [5, 5.41) is 12.4. The van der Waals surface area contributed by atoms with E-state index in [1.807, 2.05) is 0 Å². The van der Waals surface area contributed by atoms with Crippen molar-refractivity contribution in [1.82, 2.24) is 10.2 Å². The molecule has 0 spiro atoms. The molecule has 0 atom stereocenters. The molecule has 1 aromatic heterocycles. The summed E-state index contributed by atoms with van der Waals surface area (Å²) >= 11 is 5.82. The number of carbonyl (C=O) groups is 2. The van der Waals surface area contributed by atoms with Crippen LogP contribution in [-0.2, 0) is 0 Å². The van der Waals surface area contributed by atoms with Crippen LogP contribution in [0.15, 0.2) is 60.8 Å². The Balaban J connectivity index is 1.77. The van der Waals surface area contributed by atoms with Crippen LogP contribution in [0.5, 0.6) is 0 Å². The first-order valence-corrected chi connectivity index (χ1v) is 7.48. The van der Waals surface area contributed by atoms with Crippen LogP contribution in [0.25, 0.3) is 0 Å². The number of aromatic amines is 1. The normalized spacial score (nSPS) is 10.2. The fraction of sp³-hybridized carbons (Fsp3) is 0. The predicted octanol–water partition coefficient (Wildman–Crippen LogP) is 3.57. The zero-order chi connectivity index (χ0) is 16.9. The van der Waals surface area contributed by atoms with Crippen molar-refractivity contribution in [3.8, 4) is 0 Å². The Kier molecular flexibility index (Phi) is 4.58. The summed E-state index contributed by atoms with van der Waals surface area (Å²) in [7, 11) is 0. The minimum Gasteiger partial charge on any atom is -0.320 e. The monoisotopic (exact) mass is 340 g/mol. The van der Waals surface area contributed by atoms with Gasteiger partial charge in [0.05, 0.1) is 11.4 Å². The molecule has 3 rings (SSSR count). The highest BCUT2D eigenvalue weighted by molar-refractivity contribution is 6.30. The summed E-state index contributed by atoms with van der Waals surface area (Å²) in [6.45, 7) is 0. The van der Waals surface area contributed by atoms with E-state index in [1.54, 1.807) is 54.6 Å². The van der Waals surface area contributed by atoms with E-state index < -0.39 is 0 Å². The SMILES string of the molecule is O=C(Nc1ccccc1NC(=O)c1ccn[nH]1)c1ccc(Cl)cc1. The maximum Gasteiger partial charge on any atom is 0.273 e. The summed E-state index contributed by atoms with van der Waals surface area (Å²) in [5.41, 5.74) is 1.77.